The molecule has 82 valence electrons. The number of benzene rings is 2. The van der Waals surface area contributed by atoms with Crippen molar-refractivity contribution in [2.75, 3.05) is 7.11 Å². The average Bonchev–Trinajstić information content (AvgIpc) is 2.29. The minimum atomic E-state index is 0.725. The molecule has 0 saturated carbocycles. The highest BCUT2D eigenvalue weighted by Crippen LogP contribution is 2.31. The highest BCUT2D eigenvalue weighted by molar-refractivity contribution is 9.10. The lowest BCUT2D eigenvalue weighted by atomic mass is 10.1. The summed E-state index contributed by atoms with van der Waals surface area (Å²) >= 11 is 9.58. The number of ether oxygens (including phenoxy) is 1. The first-order chi connectivity index (χ1) is 7.70. The fourth-order valence-corrected chi connectivity index (χ4v) is 2.30. The van der Waals surface area contributed by atoms with Gasteiger partial charge in [0.1, 0.15) is 5.75 Å². The molecule has 0 radical (unpaired) electrons. The van der Waals surface area contributed by atoms with Crippen LogP contribution in [0.5, 0.6) is 5.75 Å². The first-order valence-electron chi connectivity index (χ1n) is 4.80. The number of halogens is 2. The van der Waals surface area contributed by atoms with Crippen molar-refractivity contribution in [3.8, 4) is 16.9 Å². The maximum Gasteiger partial charge on any atom is 0.119 e. The van der Waals surface area contributed by atoms with Gasteiger partial charge in [-0.2, -0.15) is 0 Å². The SMILES string of the molecule is COc1cccc(-c2ccc(Br)cc2Cl)c1. The summed E-state index contributed by atoms with van der Waals surface area (Å²) in [6, 6.07) is 13.7. The average molecular weight is 298 g/mol. The molecule has 0 fully saturated rings. The molecule has 0 N–H and O–H groups in total. The second kappa shape index (κ2) is 4.89. The minimum absolute atomic E-state index is 0.725. The van der Waals surface area contributed by atoms with Crippen LogP contribution in [-0.4, -0.2) is 7.11 Å². The maximum atomic E-state index is 6.19. The van der Waals surface area contributed by atoms with Crippen molar-refractivity contribution in [1.29, 1.82) is 0 Å². The van der Waals surface area contributed by atoms with Crippen LogP contribution >= 0.6 is 27.5 Å². The molecule has 2 rings (SSSR count). The molecule has 2 aromatic rings. The molecule has 3 heteroatoms. The Labute approximate surface area is 108 Å². The zero-order valence-corrected chi connectivity index (χ0v) is 11.0. The van der Waals surface area contributed by atoms with Crippen LogP contribution in [-0.2, 0) is 0 Å². The lowest BCUT2D eigenvalue weighted by Crippen LogP contribution is -1.84. The lowest BCUT2D eigenvalue weighted by molar-refractivity contribution is 0.415. The Bertz CT molecular complexity index is 511. The van der Waals surface area contributed by atoms with E-state index in [1.807, 2.05) is 42.5 Å². The van der Waals surface area contributed by atoms with Crippen LogP contribution < -0.4 is 4.74 Å². The molecule has 0 spiro atoms. The molecule has 0 aromatic heterocycles. The zero-order valence-electron chi connectivity index (χ0n) is 8.71. The van der Waals surface area contributed by atoms with Crippen LogP contribution in [0.15, 0.2) is 46.9 Å². The molecular formula is C13H10BrClO. The van der Waals surface area contributed by atoms with Gasteiger partial charge in [0.2, 0.25) is 0 Å². The Morgan fingerprint density at radius 3 is 2.62 bits per heavy atom. The molecule has 0 aliphatic rings. The van der Waals surface area contributed by atoms with Gasteiger partial charge in [0.25, 0.3) is 0 Å². The van der Waals surface area contributed by atoms with Crippen molar-refractivity contribution in [3.63, 3.8) is 0 Å². The van der Waals surface area contributed by atoms with E-state index in [-0.39, 0.29) is 0 Å². The van der Waals surface area contributed by atoms with Gasteiger partial charge in [-0.15, -0.1) is 0 Å². The summed E-state index contributed by atoms with van der Waals surface area (Å²) in [6.45, 7) is 0. The third-order valence-corrected chi connectivity index (χ3v) is 3.12. The van der Waals surface area contributed by atoms with Gasteiger partial charge in [0.05, 0.1) is 7.11 Å². The van der Waals surface area contributed by atoms with Gasteiger partial charge in [-0.3, -0.25) is 0 Å². The Kier molecular flexibility index (Phi) is 3.52. The fraction of sp³-hybridized carbons (Fsp3) is 0.0769. The lowest BCUT2D eigenvalue weighted by Gasteiger charge is -2.07. The van der Waals surface area contributed by atoms with E-state index in [2.05, 4.69) is 15.9 Å². The molecule has 0 saturated heterocycles. The highest BCUT2D eigenvalue weighted by Gasteiger charge is 2.04. The van der Waals surface area contributed by atoms with E-state index in [0.29, 0.717) is 0 Å². The predicted molar refractivity (Wildman–Crippen MR) is 71.1 cm³/mol. The van der Waals surface area contributed by atoms with Gasteiger partial charge < -0.3 is 4.74 Å². The molecule has 0 amide bonds. The van der Waals surface area contributed by atoms with E-state index in [4.69, 9.17) is 16.3 Å². The normalized spacial score (nSPS) is 10.2. The van der Waals surface area contributed by atoms with E-state index < -0.39 is 0 Å². The molecule has 0 bridgehead atoms. The van der Waals surface area contributed by atoms with Crippen molar-refractivity contribution in [2.24, 2.45) is 0 Å². The van der Waals surface area contributed by atoms with Gasteiger partial charge >= 0.3 is 0 Å². The summed E-state index contributed by atoms with van der Waals surface area (Å²) in [5, 5.41) is 0.725. The van der Waals surface area contributed by atoms with Gasteiger partial charge in [-0.25, -0.2) is 0 Å². The third kappa shape index (κ3) is 2.39. The molecule has 16 heavy (non-hydrogen) atoms. The van der Waals surface area contributed by atoms with Crippen LogP contribution in [0.1, 0.15) is 0 Å². The molecule has 0 atom stereocenters. The van der Waals surface area contributed by atoms with Crippen LogP contribution in [0.4, 0.5) is 0 Å². The smallest absolute Gasteiger partial charge is 0.119 e. The minimum Gasteiger partial charge on any atom is -0.497 e. The quantitative estimate of drug-likeness (QED) is 0.775. The van der Waals surface area contributed by atoms with Crippen molar-refractivity contribution >= 4 is 27.5 Å². The van der Waals surface area contributed by atoms with Crippen molar-refractivity contribution < 1.29 is 4.74 Å². The zero-order chi connectivity index (χ0) is 11.5. The molecule has 1 nitrogen and oxygen atoms in total. The summed E-state index contributed by atoms with van der Waals surface area (Å²) in [4.78, 5) is 0. The van der Waals surface area contributed by atoms with E-state index in [1.54, 1.807) is 7.11 Å². The van der Waals surface area contributed by atoms with Gasteiger partial charge in [-0.05, 0) is 29.8 Å². The Balaban J connectivity index is 2.49. The van der Waals surface area contributed by atoms with Gasteiger partial charge in [-0.1, -0.05) is 45.7 Å². The second-order valence-corrected chi connectivity index (χ2v) is 4.68. The number of hydrogen-bond donors (Lipinski definition) is 0. The van der Waals surface area contributed by atoms with Crippen molar-refractivity contribution in [1.82, 2.24) is 0 Å². The summed E-state index contributed by atoms with van der Waals surface area (Å²) in [6.07, 6.45) is 0. The van der Waals surface area contributed by atoms with E-state index in [0.717, 1.165) is 26.4 Å². The number of methoxy groups -OCH3 is 1. The van der Waals surface area contributed by atoms with E-state index >= 15 is 0 Å². The van der Waals surface area contributed by atoms with Crippen LogP contribution in [0, 0.1) is 0 Å². The standard InChI is InChI=1S/C13H10BrClO/c1-16-11-4-2-3-9(7-11)12-6-5-10(14)8-13(12)15/h2-8H,1H3. The topological polar surface area (TPSA) is 9.23 Å². The Morgan fingerprint density at radius 1 is 1.12 bits per heavy atom. The highest BCUT2D eigenvalue weighted by atomic mass is 79.9. The molecule has 0 aliphatic heterocycles. The summed E-state index contributed by atoms with van der Waals surface area (Å²) < 4.78 is 6.16. The van der Waals surface area contributed by atoms with Crippen molar-refractivity contribution in [3.05, 3.63) is 52.0 Å². The monoisotopic (exact) mass is 296 g/mol. The molecule has 0 unspecified atom stereocenters. The predicted octanol–water partition coefficient (Wildman–Crippen LogP) is 4.78. The number of rotatable bonds is 2. The first kappa shape index (κ1) is 11.5. The van der Waals surface area contributed by atoms with Gasteiger partial charge in [0, 0.05) is 15.1 Å². The second-order valence-electron chi connectivity index (χ2n) is 3.36. The van der Waals surface area contributed by atoms with Crippen LogP contribution in [0.2, 0.25) is 5.02 Å². The summed E-state index contributed by atoms with van der Waals surface area (Å²) in [7, 11) is 1.66. The molecule has 2 aromatic carbocycles. The number of hydrogen-bond acceptors (Lipinski definition) is 1. The largest absolute Gasteiger partial charge is 0.497 e. The summed E-state index contributed by atoms with van der Waals surface area (Å²) in [5.74, 6) is 0.830. The maximum absolute atomic E-state index is 6.19. The Morgan fingerprint density at radius 2 is 1.94 bits per heavy atom. The third-order valence-electron chi connectivity index (χ3n) is 2.31. The summed E-state index contributed by atoms with van der Waals surface area (Å²) in [5.41, 5.74) is 2.06. The van der Waals surface area contributed by atoms with E-state index in [1.165, 1.54) is 0 Å². The molecule has 0 heterocycles. The van der Waals surface area contributed by atoms with Crippen LogP contribution in [0.3, 0.4) is 0 Å². The van der Waals surface area contributed by atoms with Gasteiger partial charge in [0.15, 0.2) is 0 Å². The van der Waals surface area contributed by atoms with Crippen LogP contribution in [0.25, 0.3) is 11.1 Å². The fourth-order valence-electron chi connectivity index (χ4n) is 1.51. The van der Waals surface area contributed by atoms with Crippen molar-refractivity contribution in [2.45, 2.75) is 0 Å². The first-order valence-corrected chi connectivity index (χ1v) is 5.97. The van der Waals surface area contributed by atoms with E-state index in [9.17, 15) is 0 Å². The molecular weight excluding hydrogens is 287 g/mol. The molecule has 0 aliphatic carbocycles. The Hall–Kier alpha value is -0.990.